The Morgan fingerprint density at radius 2 is 1.88 bits per heavy atom. The van der Waals surface area contributed by atoms with Crippen molar-refractivity contribution in [2.24, 2.45) is 5.92 Å². The van der Waals surface area contributed by atoms with Crippen LogP contribution in [0.2, 0.25) is 0 Å². The maximum atomic E-state index is 11.2. The van der Waals surface area contributed by atoms with Crippen molar-refractivity contribution in [2.75, 3.05) is 13.2 Å². The van der Waals surface area contributed by atoms with Crippen molar-refractivity contribution < 1.29 is 24.2 Å². The molecule has 16 heavy (non-hydrogen) atoms. The normalized spacial score (nSPS) is 12.3. The van der Waals surface area contributed by atoms with E-state index in [9.17, 15) is 14.7 Å². The molecule has 0 aromatic heterocycles. The zero-order valence-electron chi connectivity index (χ0n) is 10.1. The first-order chi connectivity index (χ1) is 7.47. The minimum atomic E-state index is -1.42. The van der Waals surface area contributed by atoms with Crippen LogP contribution < -0.4 is 0 Å². The first kappa shape index (κ1) is 14.9. The lowest BCUT2D eigenvalue weighted by Gasteiger charge is -2.10. The van der Waals surface area contributed by atoms with Crippen molar-refractivity contribution >= 4 is 11.9 Å². The number of aliphatic hydroxyl groups is 1. The Kier molecular flexibility index (Phi) is 7.54. The van der Waals surface area contributed by atoms with Crippen molar-refractivity contribution in [2.45, 2.75) is 39.7 Å². The first-order valence-corrected chi connectivity index (χ1v) is 5.47. The second kappa shape index (κ2) is 8.10. The summed E-state index contributed by atoms with van der Waals surface area (Å²) in [6, 6.07) is 0. The average molecular weight is 232 g/mol. The highest BCUT2D eigenvalue weighted by Gasteiger charge is 2.20. The van der Waals surface area contributed by atoms with Gasteiger partial charge in [0.2, 0.25) is 0 Å². The molecule has 0 amide bonds. The first-order valence-electron chi connectivity index (χ1n) is 5.47. The molecule has 0 aliphatic carbocycles. The summed E-state index contributed by atoms with van der Waals surface area (Å²) in [6.45, 7) is 6.15. The molecule has 0 aliphatic heterocycles. The predicted octanol–water partition coefficient (Wildman–Crippen LogP) is 0.890. The van der Waals surface area contributed by atoms with Crippen molar-refractivity contribution in [3.05, 3.63) is 0 Å². The van der Waals surface area contributed by atoms with E-state index in [4.69, 9.17) is 4.74 Å². The van der Waals surface area contributed by atoms with Crippen molar-refractivity contribution in [3.63, 3.8) is 0 Å². The molecule has 0 spiro atoms. The summed E-state index contributed by atoms with van der Waals surface area (Å²) in [5.74, 6) is -0.924. The van der Waals surface area contributed by atoms with Crippen LogP contribution in [0.5, 0.6) is 0 Å². The second-order valence-electron chi connectivity index (χ2n) is 3.87. The van der Waals surface area contributed by atoms with Crippen molar-refractivity contribution in [1.82, 2.24) is 0 Å². The van der Waals surface area contributed by atoms with Crippen LogP contribution in [-0.4, -0.2) is 36.4 Å². The molecule has 1 atom stereocenters. The standard InChI is InChI=1S/C11H20O5/c1-4-15-11(14)9(12)7-10(13)16-6-5-8(2)3/h8-9,12H,4-7H2,1-3H3. The molecule has 94 valence electrons. The molecule has 1 N–H and O–H groups in total. The smallest absolute Gasteiger partial charge is 0.335 e. The summed E-state index contributed by atoms with van der Waals surface area (Å²) in [6.07, 6.45) is -1.01. The fraction of sp³-hybridized carbons (Fsp3) is 0.818. The lowest BCUT2D eigenvalue weighted by molar-refractivity contribution is -0.159. The number of rotatable bonds is 7. The quantitative estimate of drug-likeness (QED) is 0.660. The van der Waals surface area contributed by atoms with E-state index >= 15 is 0 Å². The molecule has 0 fully saturated rings. The summed E-state index contributed by atoms with van der Waals surface area (Å²) in [7, 11) is 0. The van der Waals surface area contributed by atoms with Gasteiger partial charge in [-0.15, -0.1) is 0 Å². The molecule has 0 aromatic rings. The topological polar surface area (TPSA) is 72.8 Å². The molecular formula is C11H20O5. The van der Waals surface area contributed by atoms with E-state index in [0.717, 1.165) is 6.42 Å². The number of hydrogen-bond acceptors (Lipinski definition) is 5. The molecule has 5 nitrogen and oxygen atoms in total. The van der Waals surface area contributed by atoms with Gasteiger partial charge in [0.15, 0.2) is 6.10 Å². The number of aliphatic hydroxyl groups excluding tert-OH is 1. The minimum Gasteiger partial charge on any atom is -0.466 e. The monoisotopic (exact) mass is 232 g/mol. The maximum Gasteiger partial charge on any atom is 0.335 e. The zero-order valence-corrected chi connectivity index (χ0v) is 10.1. The summed E-state index contributed by atoms with van der Waals surface area (Å²) < 4.78 is 9.40. The third-order valence-corrected chi connectivity index (χ3v) is 1.88. The van der Waals surface area contributed by atoms with Crippen LogP contribution in [0.3, 0.4) is 0 Å². The molecular weight excluding hydrogens is 212 g/mol. The molecule has 0 heterocycles. The fourth-order valence-corrected chi connectivity index (χ4v) is 0.947. The molecule has 0 bridgehead atoms. The Morgan fingerprint density at radius 3 is 2.38 bits per heavy atom. The Hall–Kier alpha value is -1.10. The highest BCUT2D eigenvalue weighted by atomic mass is 16.6. The van der Waals surface area contributed by atoms with Gasteiger partial charge in [0, 0.05) is 0 Å². The van der Waals surface area contributed by atoms with E-state index < -0.39 is 18.0 Å². The van der Waals surface area contributed by atoms with Gasteiger partial charge in [-0.25, -0.2) is 4.79 Å². The van der Waals surface area contributed by atoms with Crippen LogP contribution in [0.4, 0.5) is 0 Å². The van der Waals surface area contributed by atoms with Crippen LogP contribution >= 0.6 is 0 Å². The van der Waals surface area contributed by atoms with Gasteiger partial charge in [0.25, 0.3) is 0 Å². The van der Waals surface area contributed by atoms with E-state index in [1.807, 2.05) is 13.8 Å². The van der Waals surface area contributed by atoms with Gasteiger partial charge in [-0.3, -0.25) is 4.79 Å². The van der Waals surface area contributed by atoms with Gasteiger partial charge in [-0.05, 0) is 19.3 Å². The third kappa shape index (κ3) is 7.23. The molecule has 0 rings (SSSR count). The van der Waals surface area contributed by atoms with Crippen LogP contribution in [-0.2, 0) is 19.1 Å². The zero-order chi connectivity index (χ0) is 12.6. The highest BCUT2D eigenvalue weighted by molar-refractivity contribution is 5.81. The van der Waals surface area contributed by atoms with E-state index in [2.05, 4.69) is 4.74 Å². The Bertz CT molecular complexity index is 224. The highest BCUT2D eigenvalue weighted by Crippen LogP contribution is 2.02. The van der Waals surface area contributed by atoms with E-state index in [1.165, 1.54) is 0 Å². The summed E-state index contributed by atoms with van der Waals surface area (Å²) in [4.78, 5) is 22.1. The van der Waals surface area contributed by atoms with Crippen molar-refractivity contribution in [1.29, 1.82) is 0 Å². The average Bonchev–Trinajstić information content (AvgIpc) is 2.17. The van der Waals surface area contributed by atoms with E-state index in [-0.39, 0.29) is 13.0 Å². The Labute approximate surface area is 95.7 Å². The number of carbonyl (C=O) groups is 2. The Morgan fingerprint density at radius 1 is 1.25 bits per heavy atom. The largest absolute Gasteiger partial charge is 0.466 e. The van der Waals surface area contributed by atoms with Crippen molar-refractivity contribution in [3.8, 4) is 0 Å². The molecule has 0 radical (unpaired) electrons. The molecule has 0 saturated heterocycles. The molecule has 0 saturated carbocycles. The molecule has 0 aromatic carbocycles. The number of ether oxygens (including phenoxy) is 2. The number of hydrogen-bond donors (Lipinski definition) is 1. The lowest BCUT2D eigenvalue weighted by Crippen LogP contribution is -2.27. The number of carbonyl (C=O) groups excluding carboxylic acids is 2. The minimum absolute atomic E-state index is 0.179. The van der Waals surface area contributed by atoms with Gasteiger partial charge in [-0.1, -0.05) is 13.8 Å². The SMILES string of the molecule is CCOC(=O)C(O)CC(=O)OCCC(C)C. The molecule has 5 heteroatoms. The predicted molar refractivity (Wildman–Crippen MR) is 57.7 cm³/mol. The van der Waals surface area contributed by atoms with Gasteiger partial charge < -0.3 is 14.6 Å². The Balaban J connectivity index is 3.74. The lowest BCUT2D eigenvalue weighted by atomic mass is 10.1. The number of esters is 2. The third-order valence-electron chi connectivity index (χ3n) is 1.88. The van der Waals surface area contributed by atoms with Crippen LogP contribution in [0.25, 0.3) is 0 Å². The van der Waals surface area contributed by atoms with Gasteiger partial charge in [-0.2, -0.15) is 0 Å². The van der Waals surface area contributed by atoms with Gasteiger partial charge in [0.05, 0.1) is 19.6 Å². The van der Waals surface area contributed by atoms with Crippen LogP contribution in [0, 0.1) is 5.92 Å². The van der Waals surface area contributed by atoms with Crippen LogP contribution in [0.15, 0.2) is 0 Å². The van der Waals surface area contributed by atoms with E-state index in [1.54, 1.807) is 6.92 Å². The van der Waals surface area contributed by atoms with E-state index in [0.29, 0.717) is 12.5 Å². The maximum absolute atomic E-state index is 11.2. The fourth-order valence-electron chi connectivity index (χ4n) is 0.947. The summed E-state index contributed by atoms with van der Waals surface area (Å²) >= 11 is 0. The summed E-state index contributed by atoms with van der Waals surface area (Å²) in [5.41, 5.74) is 0. The van der Waals surface area contributed by atoms with Gasteiger partial charge in [0.1, 0.15) is 0 Å². The molecule has 1 unspecified atom stereocenters. The molecule has 0 aliphatic rings. The van der Waals surface area contributed by atoms with Crippen LogP contribution in [0.1, 0.15) is 33.6 Å². The van der Waals surface area contributed by atoms with Gasteiger partial charge >= 0.3 is 11.9 Å². The summed E-state index contributed by atoms with van der Waals surface area (Å²) in [5, 5.41) is 9.25. The second-order valence-corrected chi connectivity index (χ2v) is 3.87.